The van der Waals surface area contributed by atoms with Crippen molar-refractivity contribution in [2.75, 3.05) is 13.2 Å². The van der Waals surface area contributed by atoms with Gasteiger partial charge in [0.05, 0.1) is 0 Å². The number of rotatable bonds is 43. The van der Waals surface area contributed by atoms with Gasteiger partial charge in [0.25, 0.3) is 0 Å². The quantitative estimate of drug-likeness (QED) is 0.0200. The van der Waals surface area contributed by atoms with Crippen LogP contribution in [-0.2, 0) is 28.6 Å². The molecule has 0 aromatic heterocycles. The number of esters is 3. The van der Waals surface area contributed by atoms with E-state index in [4.69, 9.17) is 14.2 Å². The van der Waals surface area contributed by atoms with E-state index in [1.165, 1.54) is 116 Å². The largest absolute Gasteiger partial charge is 0.462 e. The Bertz CT molecular complexity index is 1130. The highest BCUT2D eigenvalue weighted by molar-refractivity contribution is 5.71. The maximum absolute atomic E-state index is 12.7. The molecule has 1 unspecified atom stereocenters. The second-order valence-corrected chi connectivity index (χ2v) is 16.1. The molecule has 0 saturated heterocycles. The number of carbonyl (C=O) groups is 3. The molecule has 0 fully saturated rings. The van der Waals surface area contributed by atoms with E-state index in [0.29, 0.717) is 19.3 Å². The lowest BCUT2D eigenvalue weighted by Gasteiger charge is -2.18. The molecular formula is C53H90O6. The van der Waals surface area contributed by atoms with E-state index >= 15 is 0 Å². The number of carbonyl (C=O) groups excluding carboxylic acids is 3. The molecular weight excluding hydrogens is 733 g/mol. The third-order valence-electron chi connectivity index (χ3n) is 10.3. The van der Waals surface area contributed by atoms with Gasteiger partial charge in [-0.15, -0.1) is 0 Å². The highest BCUT2D eigenvalue weighted by Gasteiger charge is 2.19. The second kappa shape index (κ2) is 47.5. The van der Waals surface area contributed by atoms with Crippen molar-refractivity contribution < 1.29 is 28.6 Å². The summed E-state index contributed by atoms with van der Waals surface area (Å²) in [4.78, 5) is 37.8. The number of ether oxygens (including phenoxy) is 3. The molecule has 6 heteroatoms. The molecule has 0 amide bonds. The van der Waals surface area contributed by atoms with E-state index in [0.717, 1.165) is 64.2 Å². The number of allylic oxidation sites excluding steroid dienone is 12. The Morgan fingerprint density at radius 3 is 1.17 bits per heavy atom. The first kappa shape index (κ1) is 55.9. The van der Waals surface area contributed by atoms with Gasteiger partial charge in [-0.05, 0) is 51.4 Å². The van der Waals surface area contributed by atoms with Gasteiger partial charge in [-0.2, -0.15) is 0 Å². The number of unbranched alkanes of at least 4 members (excludes halogenated alkanes) is 24. The van der Waals surface area contributed by atoms with Crippen LogP contribution >= 0.6 is 0 Å². The standard InChI is InChI=1S/C53H90O6/c1-4-7-10-13-16-19-22-24-25-26-27-29-31-34-37-40-43-46-52(55)58-49-50(48-57-51(54)45-42-39-36-33-30-21-18-15-12-9-6-3)59-53(56)47-44-41-38-35-32-28-23-20-17-14-11-8-5-2/h8,11,14-15,17-18,20,23,28,32,35,38,50H,4-7,9-10,12-13,16,19,21-22,24-27,29-31,33-34,36-37,39-49H2,1-3H3/b11-8-,17-14-,18-15-,23-20-,32-28-,38-35-. The lowest BCUT2D eigenvalue weighted by Crippen LogP contribution is -2.30. The minimum absolute atomic E-state index is 0.105. The highest BCUT2D eigenvalue weighted by atomic mass is 16.6. The summed E-state index contributed by atoms with van der Waals surface area (Å²) < 4.78 is 16.7. The van der Waals surface area contributed by atoms with Crippen LogP contribution in [0.25, 0.3) is 0 Å². The number of hydrogen-bond donors (Lipinski definition) is 0. The van der Waals surface area contributed by atoms with Crippen LogP contribution in [0.2, 0.25) is 0 Å². The van der Waals surface area contributed by atoms with E-state index in [-0.39, 0.29) is 37.5 Å². The smallest absolute Gasteiger partial charge is 0.306 e. The lowest BCUT2D eigenvalue weighted by molar-refractivity contribution is -0.167. The Morgan fingerprint density at radius 1 is 0.356 bits per heavy atom. The topological polar surface area (TPSA) is 78.9 Å². The zero-order valence-electron chi connectivity index (χ0n) is 38.5. The van der Waals surface area contributed by atoms with Crippen molar-refractivity contribution in [3.8, 4) is 0 Å². The molecule has 0 aliphatic rings. The van der Waals surface area contributed by atoms with E-state index in [1.807, 2.05) is 54.7 Å². The van der Waals surface area contributed by atoms with Crippen molar-refractivity contribution in [1.82, 2.24) is 0 Å². The van der Waals surface area contributed by atoms with Crippen molar-refractivity contribution in [3.05, 3.63) is 72.9 Å². The van der Waals surface area contributed by atoms with Gasteiger partial charge in [0.2, 0.25) is 0 Å². The summed E-state index contributed by atoms with van der Waals surface area (Å²) >= 11 is 0. The van der Waals surface area contributed by atoms with Gasteiger partial charge >= 0.3 is 17.9 Å². The van der Waals surface area contributed by atoms with Crippen LogP contribution in [-0.4, -0.2) is 37.2 Å². The molecule has 1 atom stereocenters. The molecule has 0 aliphatic carbocycles. The van der Waals surface area contributed by atoms with Crippen LogP contribution in [0.4, 0.5) is 0 Å². The van der Waals surface area contributed by atoms with E-state index < -0.39 is 6.10 Å². The Kier molecular flexibility index (Phi) is 45.0. The van der Waals surface area contributed by atoms with Crippen molar-refractivity contribution in [1.29, 1.82) is 0 Å². The van der Waals surface area contributed by atoms with Crippen LogP contribution in [0.1, 0.15) is 226 Å². The summed E-state index contributed by atoms with van der Waals surface area (Å²) in [5.41, 5.74) is 0. The molecule has 0 radical (unpaired) electrons. The Labute approximate surface area is 363 Å². The van der Waals surface area contributed by atoms with E-state index in [9.17, 15) is 14.4 Å². The fraction of sp³-hybridized carbons (Fsp3) is 0.717. The molecule has 0 aliphatic heterocycles. The Morgan fingerprint density at radius 2 is 0.712 bits per heavy atom. The molecule has 0 rings (SSSR count). The fourth-order valence-corrected chi connectivity index (χ4v) is 6.63. The first-order valence-electron chi connectivity index (χ1n) is 24.5. The van der Waals surface area contributed by atoms with Crippen LogP contribution < -0.4 is 0 Å². The van der Waals surface area contributed by atoms with E-state index in [1.54, 1.807) is 0 Å². The predicted octanol–water partition coefficient (Wildman–Crippen LogP) is 15.9. The Balaban J connectivity index is 4.43. The average Bonchev–Trinajstić information content (AvgIpc) is 3.23. The van der Waals surface area contributed by atoms with Gasteiger partial charge in [0.15, 0.2) is 6.10 Å². The SMILES string of the molecule is CC\C=C/C=C\C=C/C=C\C=C/CCCC(=O)OC(COC(=O)CCCCCCC/C=C\CCCC)COC(=O)CCCCCCCCCCCCCCCCCCC. The molecule has 0 aromatic carbocycles. The molecule has 0 saturated carbocycles. The van der Waals surface area contributed by atoms with Crippen LogP contribution in [0, 0.1) is 0 Å². The van der Waals surface area contributed by atoms with Crippen LogP contribution in [0.15, 0.2) is 72.9 Å². The summed E-state index contributed by atoms with van der Waals surface area (Å²) in [6, 6.07) is 0. The molecule has 338 valence electrons. The summed E-state index contributed by atoms with van der Waals surface area (Å²) in [5, 5.41) is 0. The molecule has 0 aromatic rings. The summed E-state index contributed by atoms with van der Waals surface area (Å²) in [6.07, 6.45) is 59.0. The first-order valence-corrected chi connectivity index (χ1v) is 24.5. The Hall–Kier alpha value is -3.15. The summed E-state index contributed by atoms with van der Waals surface area (Å²) in [6.45, 7) is 6.38. The molecule has 0 heterocycles. The maximum atomic E-state index is 12.7. The van der Waals surface area contributed by atoms with Crippen molar-refractivity contribution in [2.24, 2.45) is 0 Å². The lowest BCUT2D eigenvalue weighted by atomic mass is 10.0. The van der Waals surface area contributed by atoms with Gasteiger partial charge in [-0.1, -0.05) is 229 Å². The van der Waals surface area contributed by atoms with Gasteiger partial charge < -0.3 is 14.2 Å². The third kappa shape index (κ3) is 45.8. The molecule has 0 spiro atoms. The molecule has 6 nitrogen and oxygen atoms in total. The minimum Gasteiger partial charge on any atom is -0.462 e. The fourth-order valence-electron chi connectivity index (χ4n) is 6.63. The summed E-state index contributed by atoms with van der Waals surface area (Å²) in [5.74, 6) is -0.990. The van der Waals surface area contributed by atoms with Gasteiger partial charge in [-0.3, -0.25) is 14.4 Å². The molecule has 0 N–H and O–H groups in total. The van der Waals surface area contributed by atoms with Crippen molar-refractivity contribution in [2.45, 2.75) is 232 Å². The van der Waals surface area contributed by atoms with Crippen LogP contribution in [0.3, 0.4) is 0 Å². The zero-order valence-corrected chi connectivity index (χ0v) is 38.5. The van der Waals surface area contributed by atoms with Crippen molar-refractivity contribution in [3.63, 3.8) is 0 Å². The third-order valence-corrected chi connectivity index (χ3v) is 10.3. The second-order valence-electron chi connectivity index (χ2n) is 16.1. The van der Waals surface area contributed by atoms with Gasteiger partial charge in [0, 0.05) is 19.3 Å². The van der Waals surface area contributed by atoms with Crippen molar-refractivity contribution >= 4 is 17.9 Å². The minimum atomic E-state index is -0.812. The molecule has 59 heavy (non-hydrogen) atoms. The average molecular weight is 823 g/mol. The van der Waals surface area contributed by atoms with E-state index in [2.05, 4.69) is 39.0 Å². The first-order chi connectivity index (χ1) is 29.0. The summed E-state index contributed by atoms with van der Waals surface area (Å²) in [7, 11) is 0. The van der Waals surface area contributed by atoms with Gasteiger partial charge in [-0.25, -0.2) is 0 Å². The highest BCUT2D eigenvalue weighted by Crippen LogP contribution is 2.15. The zero-order chi connectivity index (χ0) is 43.0. The predicted molar refractivity (Wildman–Crippen MR) is 251 cm³/mol. The monoisotopic (exact) mass is 823 g/mol. The maximum Gasteiger partial charge on any atom is 0.306 e. The van der Waals surface area contributed by atoms with Gasteiger partial charge in [0.1, 0.15) is 13.2 Å². The molecule has 0 bridgehead atoms. The van der Waals surface area contributed by atoms with Crippen LogP contribution in [0.5, 0.6) is 0 Å². The number of hydrogen-bond acceptors (Lipinski definition) is 6. The normalized spacial score (nSPS) is 12.7.